The van der Waals surface area contributed by atoms with Crippen molar-refractivity contribution in [1.29, 1.82) is 0 Å². The van der Waals surface area contributed by atoms with Gasteiger partial charge in [0.25, 0.3) is 5.91 Å². The van der Waals surface area contributed by atoms with E-state index < -0.39 is 0 Å². The molecule has 4 aromatic rings. The van der Waals surface area contributed by atoms with Crippen molar-refractivity contribution < 1.29 is 4.79 Å². The molecule has 6 nitrogen and oxygen atoms in total. The Morgan fingerprint density at radius 2 is 1.77 bits per heavy atom. The minimum Gasteiger partial charge on any atom is -0.353 e. The van der Waals surface area contributed by atoms with Crippen LogP contribution in [0.2, 0.25) is 5.02 Å². The molecule has 1 aromatic heterocycles. The lowest BCUT2D eigenvalue weighted by atomic mass is 10.1. The summed E-state index contributed by atoms with van der Waals surface area (Å²) in [6, 6.07) is 21.2. The molecule has 0 fully saturated rings. The predicted octanol–water partition coefficient (Wildman–Crippen LogP) is 5.01. The SMILES string of the molecule is O=C(c1ccc(Cl)cc1)n1nnnc1CCc1cccc2c1Nc1ccccc1S2. The van der Waals surface area contributed by atoms with E-state index in [9.17, 15) is 4.79 Å². The summed E-state index contributed by atoms with van der Waals surface area (Å²) in [7, 11) is 0. The fourth-order valence-corrected chi connectivity index (χ4v) is 4.57. The molecule has 148 valence electrons. The predicted molar refractivity (Wildman–Crippen MR) is 117 cm³/mol. The zero-order valence-corrected chi connectivity index (χ0v) is 17.3. The molecule has 2 heterocycles. The molecule has 3 aromatic carbocycles. The van der Waals surface area contributed by atoms with Gasteiger partial charge in [0.2, 0.25) is 0 Å². The van der Waals surface area contributed by atoms with Gasteiger partial charge in [-0.3, -0.25) is 4.79 Å². The minimum atomic E-state index is -0.274. The molecule has 0 radical (unpaired) electrons. The summed E-state index contributed by atoms with van der Waals surface area (Å²) in [5.41, 5.74) is 3.84. The zero-order chi connectivity index (χ0) is 20.5. The summed E-state index contributed by atoms with van der Waals surface area (Å²) in [4.78, 5) is 15.2. The highest BCUT2D eigenvalue weighted by Gasteiger charge is 2.20. The number of hydrogen-bond acceptors (Lipinski definition) is 6. The second-order valence-corrected chi connectivity index (χ2v) is 8.35. The lowest BCUT2D eigenvalue weighted by Gasteiger charge is -2.23. The number of halogens is 1. The zero-order valence-electron chi connectivity index (χ0n) is 15.7. The van der Waals surface area contributed by atoms with Crippen LogP contribution in [0.25, 0.3) is 0 Å². The number of carbonyl (C=O) groups excluding carboxylic acids is 1. The van der Waals surface area contributed by atoms with E-state index in [0.29, 0.717) is 29.3 Å². The maximum Gasteiger partial charge on any atom is 0.281 e. The Hall–Kier alpha value is -3.16. The van der Waals surface area contributed by atoms with E-state index in [-0.39, 0.29) is 5.91 Å². The van der Waals surface area contributed by atoms with Gasteiger partial charge in [0.1, 0.15) is 0 Å². The van der Waals surface area contributed by atoms with Gasteiger partial charge in [-0.15, -0.1) is 5.10 Å². The molecule has 1 N–H and O–H groups in total. The highest BCUT2D eigenvalue weighted by atomic mass is 35.5. The highest BCUT2D eigenvalue weighted by molar-refractivity contribution is 7.99. The molecule has 0 unspecified atom stereocenters. The van der Waals surface area contributed by atoms with Crippen molar-refractivity contribution in [1.82, 2.24) is 20.2 Å². The molecule has 0 atom stereocenters. The number of fused-ring (bicyclic) bond motifs is 2. The number of aromatic nitrogens is 4. The van der Waals surface area contributed by atoms with Crippen LogP contribution < -0.4 is 5.32 Å². The summed E-state index contributed by atoms with van der Waals surface area (Å²) in [6.07, 6.45) is 1.24. The first-order chi connectivity index (χ1) is 14.7. The molecular weight excluding hydrogens is 418 g/mol. The van der Waals surface area contributed by atoms with E-state index in [2.05, 4.69) is 51.2 Å². The maximum absolute atomic E-state index is 12.8. The van der Waals surface area contributed by atoms with E-state index in [4.69, 9.17) is 11.6 Å². The van der Waals surface area contributed by atoms with Gasteiger partial charge in [-0.2, -0.15) is 4.68 Å². The van der Waals surface area contributed by atoms with Crippen molar-refractivity contribution in [3.63, 3.8) is 0 Å². The minimum absolute atomic E-state index is 0.274. The quantitative estimate of drug-likeness (QED) is 0.402. The van der Waals surface area contributed by atoms with Crippen LogP contribution in [-0.4, -0.2) is 26.1 Å². The summed E-state index contributed by atoms with van der Waals surface area (Å²) in [6.45, 7) is 0. The molecule has 1 aliphatic heterocycles. The number of aryl methyl sites for hydroxylation is 2. The Kier molecular flexibility index (Phi) is 4.98. The fourth-order valence-electron chi connectivity index (χ4n) is 3.40. The summed E-state index contributed by atoms with van der Waals surface area (Å²) < 4.78 is 1.26. The van der Waals surface area contributed by atoms with Gasteiger partial charge in [-0.05, 0) is 64.9 Å². The van der Waals surface area contributed by atoms with Crippen LogP contribution in [0, 0.1) is 0 Å². The molecule has 0 saturated carbocycles. The molecule has 0 amide bonds. The molecule has 30 heavy (non-hydrogen) atoms. The normalized spacial score (nSPS) is 12.0. The number of carbonyl (C=O) groups is 1. The van der Waals surface area contributed by atoms with Gasteiger partial charge >= 0.3 is 0 Å². The van der Waals surface area contributed by atoms with E-state index >= 15 is 0 Å². The first-order valence-electron chi connectivity index (χ1n) is 9.42. The number of anilines is 2. The van der Waals surface area contributed by atoms with Crippen molar-refractivity contribution >= 4 is 40.6 Å². The first kappa shape index (κ1) is 18.8. The maximum atomic E-state index is 12.8. The molecule has 8 heteroatoms. The third-order valence-electron chi connectivity index (χ3n) is 4.91. The second kappa shape index (κ2) is 7.93. The number of para-hydroxylation sites is 2. The largest absolute Gasteiger partial charge is 0.353 e. The molecule has 0 bridgehead atoms. The summed E-state index contributed by atoms with van der Waals surface area (Å²) in [5.74, 6) is 0.251. The lowest BCUT2D eigenvalue weighted by molar-refractivity contribution is 0.0939. The number of nitrogens with one attached hydrogen (secondary N) is 1. The third kappa shape index (κ3) is 3.58. The van der Waals surface area contributed by atoms with E-state index in [0.717, 1.165) is 16.9 Å². The van der Waals surface area contributed by atoms with Gasteiger partial charge in [0, 0.05) is 26.8 Å². The average molecular weight is 434 g/mol. The van der Waals surface area contributed by atoms with Crippen LogP contribution in [0.15, 0.2) is 76.5 Å². The Labute approximate surface area is 182 Å². The second-order valence-electron chi connectivity index (χ2n) is 6.83. The standard InChI is InChI=1S/C22H16ClN5OS/c23-16-11-8-15(9-12-16)22(29)28-20(25-26-27-28)13-10-14-4-3-7-19-21(14)24-17-5-1-2-6-18(17)30-19/h1-9,11-12,24H,10,13H2. The fraction of sp³-hybridized carbons (Fsp3) is 0.0909. The van der Waals surface area contributed by atoms with Crippen molar-refractivity contribution in [3.05, 3.63) is 88.7 Å². The topological polar surface area (TPSA) is 72.7 Å². The van der Waals surface area contributed by atoms with Crippen LogP contribution in [0.3, 0.4) is 0 Å². The van der Waals surface area contributed by atoms with Gasteiger partial charge < -0.3 is 5.32 Å². The van der Waals surface area contributed by atoms with Gasteiger partial charge in [-0.25, -0.2) is 0 Å². The van der Waals surface area contributed by atoms with Crippen LogP contribution in [0.4, 0.5) is 11.4 Å². The molecule has 0 spiro atoms. The van der Waals surface area contributed by atoms with Gasteiger partial charge in [-0.1, -0.05) is 47.6 Å². The Morgan fingerprint density at radius 1 is 0.967 bits per heavy atom. The Bertz CT molecular complexity index is 1240. The molecular formula is C22H16ClN5OS. The summed E-state index contributed by atoms with van der Waals surface area (Å²) >= 11 is 7.67. The van der Waals surface area contributed by atoms with Crippen molar-refractivity contribution in [3.8, 4) is 0 Å². The van der Waals surface area contributed by atoms with Crippen molar-refractivity contribution in [2.75, 3.05) is 5.32 Å². The monoisotopic (exact) mass is 433 g/mol. The average Bonchev–Trinajstić information content (AvgIpc) is 3.25. The van der Waals surface area contributed by atoms with Crippen LogP contribution in [-0.2, 0) is 12.8 Å². The first-order valence-corrected chi connectivity index (χ1v) is 10.6. The lowest BCUT2D eigenvalue weighted by Crippen LogP contribution is -2.17. The molecule has 0 saturated heterocycles. The third-order valence-corrected chi connectivity index (χ3v) is 6.30. The number of benzene rings is 3. The van der Waals surface area contributed by atoms with E-state index in [1.54, 1.807) is 36.0 Å². The van der Waals surface area contributed by atoms with Gasteiger partial charge in [0.05, 0.1) is 11.4 Å². The Balaban J connectivity index is 1.37. The van der Waals surface area contributed by atoms with Crippen molar-refractivity contribution in [2.45, 2.75) is 22.6 Å². The number of nitrogens with zero attached hydrogens (tertiary/aromatic N) is 4. The Morgan fingerprint density at radius 3 is 2.63 bits per heavy atom. The van der Waals surface area contributed by atoms with Crippen LogP contribution >= 0.6 is 23.4 Å². The van der Waals surface area contributed by atoms with Crippen LogP contribution in [0.5, 0.6) is 0 Å². The van der Waals surface area contributed by atoms with Gasteiger partial charge in [0.15, 0.2) is 5.82 Å². The van der Waals surface area contributed by atoms with Crippen molar-refractivity contribution in [2.24, 2.45) is 0 Å². The van der Waals surface area contributed by atoms with E-state index in [1.165, 1.54) is 14.5 Å². The number of tetrazole rings is 1. The molecule has 1 aliphatic rings. The number of hydrogen-bond donors (Lipinski definition) is 1. The molecule has 0 aliphatic carbocycles. The molecule has 5 rings (SSSR count). The van der Waals surface area contributed by atoms with E-state index in [1.807, 2.05) is 12.1 Å². The smallest absolute Gasteiger partial charge is 0.281 e. The number of rotatable bonds is 4. The highest BCUT2D eigenvalue weighted by Crippen LogP contribution is 2.45. The van der Waals surface area contributed by atoms with Crippen LogP contribution in [0.1, 0.15) is 21.7 Å². The summed E-state index contributed by atoms with van der Waals surface area (Å²) in [5, 5.41) is 15.8.